The van der Waals surface area contributed by atoms with Crippen LogP contribution >= 0.6 is 23.9 Å². The lowest BCUT2D eigenvalue weighted by Crippen LogP contribution is -1.92. The van der Waals surface area contributed by atoms with Gasteiger partial charge in [0, 0.05) is 11.9 Å². The smallest absolute Gasteiger partial charge is 0.203 e. The van der Waals surface area contributed by atoms with Gasteiger partial charge >= 0.3 is 0 Å². The molecule has 0 aliphatic rings. The predicted octanol–water partition coefficient (Wildman–Crippen LogP) is 1.72. The van der Waals surface area contributed by atoms with Gasteiger partial charge in [0.25, 0.3) is 5.76 Å². The fraction of sp³-hybridized carbons (Fsp3) is 1.00. The first-order chi connectivity index (χ1) is 3.27. The van der Waals surface area contributed by atoms with E-state index in [0.717, 1.165) is 11.9 Å². The summed E-state index contributed by atoms with van der Waals surface area (Å²) in [5.74, 6) is -2.31. The molecule has 0 aliphatic carbocycles. The zero-order valence-corrected chi connectivity index (χ0v) is 5.28. The number of alkyl halides is 2. The van der Waals surface area contributed by atoms with Gasteiger partial charge in [-0.05, 0) is 6.26 Å². The van der Waals surface area contributed by atoms with Crippen LogP contribution in [0.4, 0.5) is 8.78 Å². The number of hydrogen-bond donors (Lipinski definition) is 1. The standard InChI is InChI=1S/C2H5F2NS2/c1-6-5-7-2(3)4/h2,5H,1H3. The molecule has 0 aromatic carbocycles. The zero-order valence-electron chi connectivity index (χ0n) is 3.65. The molecule has 0 bridgehead atoms. The highest BCUT2D eigenvalue weighted by atomic mass is 32.2. The van der Waals surface area contributed by atoms with Crippen molar-refractivity contribution >= 4 is 23.9 Å². The monoisotopic (exact) mass is 145 g/mol. The second-order valence-electron chi connectivity index (χ2n) is 0.666. The molecule has 0 saturated carbocycles. The first-order valence-electron chi connectivity index (χ1n) is 1.49. The van der Waals surface area contributed by atoms with Gasteiger partial charge in [0.15, 0.2) is 0 Å². The lowest BCUT2D eigenvalue weighted by molar-refractivity contribution is 0.252. The van der Waals surface area contributed by atoms with E-state index in [1.807, 2.05) is 0 Å². The van der Waals surface area contributed by atoms with Crippen molar-refractivity contribution in [2.75, 3.05) is 6.26 Å². The molecule has 0 radical (unpaired) electrons. The van der Waals surface area contributed by atoms with Crippen molar-refractivity contribution in [3.05, 3.63) is 0 Å². The fourth-order valence-electron chi connectivity index (χ4n) is 0.0845. The number of halogens is 2. The molecule has 0 aromatic heterocycles. The van der Waals surface area contributed by atoms with Gasteiger partial charge in [-0.15, -0.1) is 0 Å². The van der Waals surface area contributed by atoms with E-state index < -0.39 is 5.76 Å². The topological polar surface area (TPSA) is 12.0 Å². The van der Waals surface area contributed by atoms with Gasteiger partial charge in [-0.25, -0.2) is 4.13 Å². The normalized spacial score (nSPS) is 10.3. The van der Waals surface area contributed by atoms with Crippen LogP contribution < -0.4 is 4.13 Å². The lowest BCUT2D eigenvalue weighted by atomic mass is 11.7. The molecular formula is C2H5F2NS2. The van der Waals surface area contributed by atoms with Gasteiger partial charge in [-0.2, -0.15) is 8.78 Å². The molecule has 1 N–H and O–H groups in total. The van der Waals surface area contributed by atoms with E-state index in [9.17, 15) is 8.78 Å². The van der Waals surface area contributed by atoms with Gasteiger partial charge in [0.2, 0.25) is 0 Å². The van der Waals surface area contributed by atoms with Crippen LogP contribution in [-0.4, -0.2) is 12.0 Å². The molecule has 0 aliphatic heterocycles. The van der Waals surface area contributed by atoms with E-state index in [1.165, 1.54) is 0 Å². The minimum atomic E-state index is -2.31. The van der Waals surface area contributed by atoms with Crippen molar-refractivity contribution in [1.29, 1.82) is 0 Å². The zero-order chi connectivity index (χ0) is 5.70. The first-order valence-corrected chi connectivity index (χ1v) is 3.59. The Balaban J connectivity index is 2.68. The number of nitrogens with one attached hydrogen (secondary N) is 1. The molecule has 44 valence electrons. The van der Waals surface area contributed by atoms with Gasteiger partial charge < -0.3 is 0 Å². The summed E-state index contributed by atoms with van der Waals surface area (Å²) in [6, 6.07) is 0. The Hall–Kier alpha value is 0.520. The van der Waals surface area contributed by atoms with E-state index in [0.29, 0.717) is 11.9 Å². The Morgan fingerprint density at radius 1 is 1.57 bits per heavy atom. The summed E-state index contributed by atoms with van der Waals surface area (Å²) in [6.07, 6.45) is 1.69. The third kappa shape index (κ3) is 6.52. The lowest BCUT2D eigenvalue weighted by Gasteiger charge is -1.93. The summed E-state index contributed by atoms with van der Waals surface area (Å²) < 4.78 is 24.5. The molecule has 0 rings (SSSR count). The van der Waals surface area contributed by atoms with Crippen LogP contribution in [0.25, 0.3) is 0 Å². The second-order valence-corrected chi connectivity index (χ2v) is 2.33. The van der Waals surface area contributed by atoms with Gasteiger partial charge in [0.1, 0.15) is 0 Å². The Morgan fingerprint density at radius 2 is 2.14 bits per heavy atom. The highest BCUT2D eigenvalue weighted by Gasteiger charge is 1.98. The minimum Gasteiger partial charge on any atom is -0.203 e. The largest absolute Gasteiger partial charge is 0.298 e. The highest BCUT2D eigenvalue weighted by molar-refractivity contribution is 8.12. The molecule has 0 spiro atoms. The van der Waals surface area contributed by atoms with Crippen molar-refractivity contribution in [3.8, 4) is 0 Å². The quantitative estimate of drug-likeness (QED) is 0.607. The maximum absolute atomic E-state index is 11.1. The molecule has 0 fully saturated rings. The molecule has 0 heterocycles. The fourth-order valence-corrected chi connectivity index (χ4v) is 0.760. The summed E-state index contributed by atoms with van der Waals surface area (Å²) in [5, 5.41) is 0. The molecule has 1 nitrogen and oxygen atoms in total. The molecular weight excluding hydrogens is 140 g/mol. The summed E-state index contributed by atoms with van der Waals surface area (Å²) >= 11 is 1.57. The Kier molecular flexibility index (Phi) is 5.02. The average molecular weight is 145 g/mol. The van der Waals surface area contributed by atoms with Crippen LogP contribution in [0.1, 0.15) is 0 Å². The molecule has 7 heavy (non-hydrogen) atoms. The van der Waals surface area contributed by atoms with Crippen molar-refractivity contribution in [1.82, 2.24) is 4.13 Å². The third-order valence-corrected chi connectivity index (χ3v) is 1.45. The van der Waals surface area contributed by atoms with E-state index in [1.54, 1.807) is 6.26 Å². The molecule has 5 heteroatoms. The summed E-state index contributed by atoms with van der Waals surface area (Å²) in [5.41, 5.74) is 0. The van der Waals surface area contributed by atoms with Crippen molar-refractivity contribution < 1.29 is 8.78 Å². The van der Waals surface area contributed by atoms with Crippen LogP contribution in [-0.2, 0) is 0 Å². The number of rotatable bonds is 3. The van der Waals surface area contributed by atoms with Crippen LogP contribution in [0.5, 0.6) is 0 Å². The summed E-state index contributed by atoms with van der Waals surface area (Å²) in [7, 11) is 0. The third-order valence-electron chi connectivity index (χ3n) is 0.221. The highest BCUT2D eigenvalue weighted by Crippen LogP contribution is 2.10. The van der Waals surface area contributed by atoms with Gasteiger partial charge in [-0.1, -0.05) is 11.9 Å². The molecule has 0 atom stereocenters. The van der Waals surface area contributed by atoms with Crippen molar-refractivity contribution in [3.63, 3.8) is 0 Å². The van der Waals surface area contributed by atoms with E-state index >= 15 is 0 Å². The van der Waals surface area contributed by atoms with E-state index in [4.69, 9.17) is 0 Å². The Bertz CT molecular complexity index is 42.7. The first kappa shape index (κ1) is 7.52. The maximum atomic E-state index is 11.1. The average Bonchev–Trinajstić information content (AvgIpc) is 1.61. The predicted molar refractivity (Wildman–Crippen MR) is 30.2 cm³/mol. The molecule has 0 unspecified atom stereocenters. The van der Waals surface area contributed by atoms with Gasteiger partial charge in [0.05, 0.1) is 0 Å². The SMILES string of the molecule is CSNSC(F)F. The molecule has 0 amide bonds. The van der Waals surface area contributed by atoms with Crippen molar-refractivity contribution in [2.24, 2.45) is 0 Å². The summed E-state index contributed by atoms with van der Waals surface area (Å²) in [6.45, 7) is 0. The van der Waals surface area contributed by atoms with Crippen LogP contribution in [0.2, 0.25) is 0 Å². The Labute approximate surface area is 49.5 Å². The van der Waals surface area contributed by atoms with Gasteiger partial charge in [-0.3, -0.25) is 0 Å². The van der Waals surface area contributed by atoms with Crippen LogP contribution in [0, 0.1) is 0 Å². The van der Waals surface area contributed by atoms with Crippen molar-refractivity contribution in [2.45, 2.75) is 5.76 Å². The Morgan fingerprint density at radius 3 is 2.29 bits per heavy atom. The van der Waals surface area contributed by atoms with Crippen LogP contribution in [0.15, 0.2) is 0 Å². The van der Waals surface area contributed by atoms with E-state index in [2.05, 4.69) is 4.13 Å². The summed E-state index contributed by atoms with van der Waals surface area (Å²) in [4.78, 5) is 0. The van der Waals surface area contributed by atoms with Crippen LogP contribution in [0.3, 0.4) is 0 Å². The molecule has 0 saturated heterocycles. The van der Waals surface area contributed by atoms with E-state index in [-0.39, 0.29) is 0 Å². The maximum Gasteiger partial charge on any atom is 0.298 e. The second kappa shape index (κ2) is 4.67. The minimum absolute atomic E-state index is 0.411. The number of hydrogen-bond acceptors (Lipinski definition) is 3. The molecule has 0 aromatic rings.